The Balaban J connectivity index is 0.000000191. The van der Waals surface area contributed by atoms with Crippen molar-refractivity contribution in [2.24, 2.45) is 0 Å². The van der Waals surface area contributed by atoms with E-state index in [1.54, 1.807) is 6.20 Å². The first-order chi connectivity index (χ1) is 8.71. The zero-order valence-corrected chi connectivity index (χ0v) is 13.7. The summed E-state index contributed by atoms with van der Waals surface area (Å²) < 4.78 is 0. The Morgan fingerprint density at radius 1 is 0.895 bits per heavy atom. The van der Waals surface area contributed by atoms with Crippen molar-refractivity contribution in [1.29, 1.82) is 0 Å². The topological polar surface area (TPSA) is 12.9 Å². The summed E-state index contributed by atoms with van der Waals surface area (Å²) in [7, 11) is 0. The molecule has 0 spiro atoms. The summed E-state index contributed by atoms with van der Waals surface area (Å²) >= 11 is 1.83. The van der Waals surface area contributed by atoms with E-state index in [9.17, 15) is 0 Å². The average Bonchev–Trinajstić information content (AvgIpc) is 2.83. The molecule has 0 unspecified atom stereocenters. The van der Waals surface area contributed by atoms with Gasteiger partial charge in [-0.25, -0.2) is 0 Å². The highest BCUT2D eigenvalue weighted by atomic mass is 32.1. The lowest BCUT2D eigenvalue weighted by atomic mass is 9.88. The molecule has 2 heteroatoms. The van der Waals surface area contributed by atoms with Crippen LogP contribution in [0.3, 0.4) is 0 Å². The van der Waals surface area contributed by atoms with E-state index in [2.05, 4.69) is 70.1 Å². The summed E-state index contributed by atoms with van der Waals surface area (Å²) in [5.41, 5.74) is 1.86. The van der Waals surface area contributed by atoms with E-state index in [0.29, 0.717) is 5.41 Å². The van der Waals surface area contributed by atoms with Crippen LogP contribution < -0.4 is 0 Å². The molecule has 0 radical (unpaired) electrons. The zero-order valence-electron chi connectivity index (χ0n) is 12.9. The molecular formula is C17H25NS. The van der Waals surface area contributed by atoms with Gasteiger partial charge in [-0.05, 0) is 33.9 Å². The minimum absolute atomic E-state index is 0.230. The van der Waals surface area contributed by atoms with E-state index < -0.39 is 0 Å². The Kier molecular flexibility index (Phi) is 5.30. The lowest BCUT2D eigenvalue weighted by Crippen LogP contribution is -2.10. The SMILES string of the molecule is CC(C)(C)c1cccnc1.CC(C)(C)c1cccs1. The van der Waals surface area contributed by atoms with Crippen LogP contribution in [-0.2, 0) is 10.8 Å². The number of thiophene rings is 1. The molecule has 0 fully saturated rings. The number of hydrogen-bond donors (Lipinski definition) is 0. The standard InChI is InChI=1S/C9H13N.C8H12S/c1-9(2,3)8-5-4-6-10-7-8;1-8(2,3)7-5-4-6-9-7/h4-7H,1-3H3;4-6H,1-3H3. The zero-order chi connectivity index (χ0) is 14.5. The fourth-order valence-corrected chi connectivity index (χ4v) is 2.33. The molecule has 0 bridgehead atoms. The molecule has 2 rings (SSSR count). The normalized spacial score (nSPS) is 11.7. The molecule has 0 amide bonds. The van der Waals surface area contributed by atoms with Crippen LogP contribution in [0, 0.1) is 0 Å². The molecule has 0 aliphatic carbocycles. The fraction of sp³-hybridized carbons (Fsp3) is 0.471. The molecule has 0 aliphatic rings. The maximum absolute atomic E-state index is 4.05. The second kappa shape index (κ2) is 6.33. The van der Waals surface area contributed by atoms with Crippen molar-refractivity contribution in [2.75, 3.05) is 0 Å². The van der Waals surface area contributed by atoms with Crippen LogP contribution in [0.25, 0.3) is 0 Å². The first-order valence-corrected chi connectivity index (χ1v) is 7.54. The third kappa shape index (κ3) is 5.56. The van der Waals surface area contributed by atoms with Crippen LogP contribution in [0.15, 0.2) is 42.0 Å². The van der Waals surface area contributed by atoms with E-state index in [4.69, 9.17) is 0 Å². The second-order valence-electron chi connectivity index (χ2n) is 6.72. The van der Waals surface area contributed by atoms with Crippen molar-refractivity contribution >= 4 is 11.3 Å². The number of pyridine rings is 1. The Hall–Kier alpha value is -1.15. The monoisotopic (exact) mass is 275 g/mol. The Morgan fingerprint density at radius 2 is 1.58 bits per heavy atom. The first-order valence-electron chi connectivity index (χ1n) is 6.66. The number of rotatable bonds is 0. The lowest BCUT2D eigenvalue weighted by molar-refractivity contribution is 0.587. The molecular weight excluding hydrogens is 250 g/mol. The van der Waals surface area contributed by atoms with Crippen LogP contribution in [0.4, 0.5) is 0 Å². The summed E-state index contributed by atoms with van der Waals surface area (Å²) in [5, 5.41) is 2.13. The highest BCUT2D eigenvalue weighted by Crippen LogP contribution is 2.25. The fourth-order valence-electron chi connectivity index (χ4n) is 1.51. The molecule has 2 aromatic heterocycles. The summed E-state index contributed by atoms with van der Waals surface area (Å²) in [6.45, 7) is 13.3. The average molecular weight is 275 g/mol. The summed E-state index contributed by atoms with van der Waals surface area (Å²) in [5.74, 6) is 0. The van der Waals surface area contributed by atoms with Crippen molar-refractivity contribution in [3.8, 4) is 0 Å². The van der Waals surface area contributed by atoms with Crippen LogP contribution in [-0.4, -0.2) is 4.98 Å². The van der Waals surface area contributed by atoms with Crippen molar-refractivity contribution in [1.82, 2.24) is 4.98 Å². The number of aromatic nitrogens is 1. The van der Waals surface area contributed by atoms with Crippen molar-refractivity contribution in [3.05, 3.63) is 52.5 Å². The Bertz CT molecular complexity index is 458. The molecule has 0 aliphatic heterocycles. The van der Waals surface area contributed by atoms with Gasteiger partial charge in [0.2, 0.25) is 0 Å². The predicted octanol–water partition coefficient (Wildman–Crippen LogP) is 5.42. The largest absolute Gasteiger partial charge is 0.264 e. The molecule has 0 N–H and O–H groups in total. The van der Waals surface area contributed by atoms with Gasteiger partial charge in [0.05, 0.1) is 0 Å². The minimum Gasteiger partial charge on any atom is -0.264 e. The number of nitrogens with zero attached hydrogens (tertiary/aromatic N) is 1. The van der Waals surface area contributed by atoms with Crippen LogP contribution >= 0.6 is 11.3 Å². The maximum atomic E-state index is 4.05. The van der Waals surface area contributed by atoms with Crippen molar-refractivity contribution < 1.29 is 0 Å². The molecule has 104 valence electrons. The smallest absolute Gasteiger partial charge is 0.0305 e. The van der Waals surface area contributed by atoms with Crippen molar-refractivity contribution in [3.63, 3.8) is 0 Å². The van der Waals surface area contributed by atoms with Crippen LogP contribution in [0.1, 0.15) is 52.0 Å². The van der Waals surface area contributed by atoms with E-state index >= 15 is 0 Å². The second-order valence-corrected chi connectivity index (χ2v) is 7.67. The molecule has 2 aromatic rings. The van der Waals surface area contributed by atoms with Crippen LogP contribution in [0.5, 0.6) is 0 Å². The van der Waals surface area contributed by atoms with Gasteiger partial charge in [-0.3, -0.25) is 4.98 Å². The molecule has 19 heavy (non-hydrogen) atoms. The van der Waals surface area contributed by atoms with Gasteiger partial charge in [0.15, 0.2) is 0 Å². The lowest BCUT2D eigenvalue weighted by Gasteiger charge is -2.17. The van der Waals surface area contributed by atoms with E-state index in [0.717, 1.165) is 0 Å². The molecule has 0 saturated carbocycles. The van der Waals surface area contributed by atoms with Gasteiger partial charge in [0.1, 0.15) is 0 Å². The Morgan fingerprint density at radius 3 is 1.84 bits per heavy atom. The summed E-state index contributed by atoms with van der Waals surface area (Å²) in [6.07, 6.45) is 3.72. The third-order valence-corrected chi connectivity index (χ3v) is 4.08. The Labute approximate surface area is 121 Å². The molecule has 0 atom stereocenters. The molecule has 1 nitrogen and oxygen atoms in total. The van der Waals surface area contributed by atoms with Gasteiger partial charge in [-0.1, -0.05) is 53.7 Å². The van der Waals surface area contributed by atoms with Gasteiger partial charge in [-0.2, -0.15) is 0 Å². The van der Waals surface area contributed by atoms with E-state index in [-0.39, 0.29) is 5.41 Å². The summed E-state index contributed by atoms with van der Waals surface area (Å²) in [4.78, 5) is 5.51. The molecule has 0 saturated heterocycles. The van der Waals surface area contributed by atoms with Gasteiger partial charge >= 0.3 is 0 Å². The highest BCUT2D eigenvalue weighted by Gasteiger charge is 2.13. The highest BCUT2D eigenvalue weighted by molar-refractivity contribution is 7.10. The van der Waals surface area contributed by atoms with E-state index in [1.807, 2.05) is 23.6 Å². The predicted molar refractivity (Wildman–Crippen MR) is 86.0 cm³/mol. The molecule has 0 aromatic carbocycles. The third-order valence-electron chi connectivity index (χ3n) is 2.79. The van der Waals surface area contributed by atoms with Crippen LogP contribution in [0.2, 0.25) is 0 Å². The molecule has 2 heterocycles. The van der Waals surface area contributed by atoms with E-state index in [1.165, 1.54) is 10.4 Å². The quantitative estimate of drug-likeness (QED) is 0.625. The van der Waals surface area contributed by atoms with Gasteiger partial charge in [-0.15, -0.1) is 11.3 Å². The van der Waals surface area contributed by atoms with Gasteiger partial charge in [0.25, 0.3) is 0 Å². The number of hydrogen-bond acceptors (Lipinski definition) is 2. The summed E-state index contributed by atoms with van der Waals surface area (Å²) in [6, 6.07) is 8.36. The minimum atomic E-state index is 0.230. The first kappa shape index (κ1) is 15.9. The van der Waals surface area contributed by atoms with Crippen molar-refractivity contribution in [2.45, 2.75) is 52.4 Å². The maximum Gasteiger partial charge on any atom is 0.0305 e. The van der Waals surface area contributed by atoms with Gasteiger partial charge < -0.3 is 0 Å². The van der Waals surface area contributed by atoms with Gasteiger partial charge in [0, 0.05) is 17.3 Å².